The molecule has 22 heavy (non-hydrogen) atoms. The molecule has 4 nitrogen and oxygen atoms in total. The molecule has 0 aliphatic heterocycles. The summed E-state index contributed by atoms with van der Waals surface area (Å²) in [5.74, 6) is 0. The van der Waals surface area contributed by atoms with Crippen molar-refractivity contribution in [2.24, 2.45) is 0 Å². The lowest BCUT2D eigenvalue weighted by Crippen LogP contribution is -2.29. The van der Waals surface area contributed by atoms with Gasteiger partial charge in [-0.1, -0.05) is 34.8 Å². The second kappa shape index (κ2) is 8.02. The number of halogens is 3. The van der Waals surface area contributed by atoms with Crippen LogP contribution in [0.15, 0.2) is 24.4 Å². The van der Waals surface area contributed by atoms with Gasteiger partial charge in [0.1, 0.15) is 0 Å². The van der Waals surface area contributed by atoms with Gasteiger partial charge in [0.05, 0.1) is 20.8 Å². The number of hydrogen-bond donors (Lipinski definition) is 2. The van der Waals surface area contributed by atoms with Gasteiger partial charge in [-0.25, -0.2) is 0 Å². The van der Waals surface area contributed by atoms with Gasteiger partial charge in [0.25, 0.3) is 0 Å². The molecule has 118 valence electrons. The molecule has 8 heteroatoms. The van der Waals surface area contributed by atoms with Gasteiger partial charge in [-0.2, -0.15) is 5.10 Å². The summed E-state index contributed by atoms with van der Waals surface area (Å²) in [6.45, 7) is 3.38. The number of rotatable bonds is 5. The lowest BCUT2D eigenvalue weighted by atomic mass is 10.3. The minimum absolute atomic E-state index is 0.486. The molecule has 0 atom stereocenters. The second-order valence-corrected chi connectivity index (χ2v) is 6.32. The second-order valence-electron chi connectivity index (χ2n) is 4.69. The minimum atomic E-state index is 0.486. The molecule has 2 rings (SSSR count). The maximum absolute atomic E-state index is 5.96. The molecule has 1 aromatic carbocycles. The first-order valence-electron chi connectivity index (χ1n) is 6.65. The van der Waals surface area contributed by atoms with E-state index in [-0.39, 0.29) is 0 Å². The number of aromatic nitrogens is 2. The van der Waals surface area contributed by atoms with Crippen LogP contribution in [0.1, 0.15) is 12.1 Å². The molecule has 1 aromatic heterocycles. The fourth-order valence-electron chi connectivity index (χ4n) is 1.80. The third-order valence-electron chi connectivity index (χ3n) is 2.91. The fourth-order valence-corrected chi connectivity index (χ4v) is 2.47. The van der Waals surface area contributed by atoms with E-state index in [1.54, 1.807) is 12.1 Å². The SMILES string of the molecule is Cc1nn(CCCNC(=S)Nc2ccc(Cl)c(Cl)c2)cc1Cl. The maximum atomic E-state index is 5.96. The molecule has 2 aromatic rings. The van der Waals surface area contributed by atoms with Gasteiger partial charge >= 0.3 is 0 Å². The average Bonchev–Trinajstić information content (AvgIpc) is 2.78. The van der Waals surface area contributed by atoms with Gasteiger partial charge in [-0.05, 0) is 43.8 Å². The number of nitrogens with one attached hydrogen (secondary N) is 2. The molecule has 0 amide bonds. The van der Waals surface area contributed by atoms with Crippen LogP contribution in [0.5, 0.6) is 0 Å². The zero-order valence-electron chi connectivity index (χ0n) is 11.9. The van der Waals surface area contributed by atoms with Gasteiger partial charge in [0.15, 0.2) is 5.11 Å². The molecule has 0 spiro atoms. The van der Waals surface area contributed by atoms with E-state index in [4.69, 9.17) is 47.0 Å². The predicted octanol–water partition coefficient (Wildman–Crippen LogP) is 4.53. The monoisotopic (exact) mass is 376 g/mol. The highest BCUT2D eigenvalue weighted by molar-refractivity contribution is 7.80. The van der Waals surface area contributed by atoms with Crippen LogP contribution in [0.4, 0.5) is 5.69 Å². The Morgan fingerprint density at radius 3 is 2.64 bits per heavy atom. The summed E-state index contributed by atoms with van der Waals surface area (Å²) >= 11 is 23.0. The number of thiocarbonyl (C=S) groups is 1. The summed E-state index contributed by atoms with van der Waals surface area (Å²) in [6, 6.07) is 5.27. The van der Waals surface area contributed by atoms with Crippen molar-refractivity contribution in [3.05, 3.63) is 45.2 Å². The Labute approximate surface area is 149 Å². The topological polar surface area (TPSA) is 41.9 Å². The summed E-state index contributed by atoms with van der Waals surface area (Å²) in [5.41, 5.74) is 1.63. The first-order valence-corrected chi connectivity index (χ1v) is 8.19. The van der Waals surface area contributed by atoms with Crippen molar-refractivity contribution in [2.75, 3.05) is 11.9 Å². The third kappa shape index (κ3) is 5.02. The Bertz CT molecular complexity index is 653. The van der Waals surface area contributed by atoms with E-state index in [2.05, 4.69) is 15.7 Å². The molecule has 0 radical (unpaired) electrons. The Morgan fingerprint density at radius 2 is 2.00 bits per heavy atom. The summed E-state index contributed by atoms with van der Waals surface area (Å²) in [4.78, 5) is 0. The molecule has 0 aliphatic carbocycles. The van der Waals surface area contributed by atoms with E-state index in [0.717, 1.165) is 30.9 Å². The first-order chi connectivity index (χ1) is 10.5. The standard InChI is InChI=1S/C14H15Cl3N4S/c1-9-13(17)8-21(20-9)6-2-5-18-14(22)19-10-3-4-11(15)12(16)7-10/h3-4,7-8H,2,5-6H2,1H3,(H2,18,19,22). The van der Waals surface area contributed by atoms with Crippen LogP contribution in [0.25, 0.3) is 0 Å². The number of hydrogen-bond acceptors (Lipinski definition) is 2. The van der Waals surface area contributed by atoms with Crippen molar-refractivity contribution in [3.63, 3.8) is 0 Å². The molecule has 0 fully saturated rings. The minimum Gasteiger partial charge on any atom is -0.362 e. The summed E-state index contributed by atoms with van der Waals surface area (Å²) < 4.78 is 1.83. The Kier molecular flexibility index (Phi) is 6.32. The third-order valence-corrected chi connectivity index (χ3v) is 4.27. The molecule has 0 unspecified atom stereocenters. The first kappa shape index (κ1) is 17.3. The van der Waals surface area contributed by atoms with E-state index in [9.17, 15) is 0 Å². The van der Waals surface area contributed by atoms with Crippen molar-refractivity contribution in [1.82, 2.24) is 15.1 Å². The smallest absolute Gasteiger partial charge is 0.170 e. The fraction of sp³-hybridized carbons (Fsp3) is 0.286. The van der Waals surface area contributed by atoms with Crippen LogP contribution in [0.2, 0.25) is 15.1 Å². The predicted molar refractivity (Wildman–Crippen MR) is 97.3 cm³/mol. The molecule has 2 N–H and O–H groups in total. The number of nitrogens with zero attached hydrogens (tertiary/aromatic N) is 2. The number of aryl methyl sites for hydroxylation is 2. The van der Waals surface area contributed by atoms with E-state index < -0.39 is 0 Å². The van der Waals surface area contributed by atoms with Crippen LogP contribution in [-0.4, -0.2) is 21.4 Å². The van der Waals surface area contributed by atoms with E-state index >= 15 is 0 Å². The van der Waals surface area contributed by atoms with Gasteiger partial charge in [0.2, 0.25) is 0 Å². The van der Waals surface area contributed by atoms with Crippen molar-refractivity contribution in [1.29, 1.82) is 0 Å². The van der Waals surface area contributed by atoms with Crippen LogP contribution >= 0.6 is 47.0 Å². The molecular formula is C14H15Cl3N4S. The highest BCUT2D eigenvalue weighted by Gasteiger charge is 2.03. The molecule has 0 aliphatic rings. The summed E-state index contributed by atoms with van der Waals surface area (Å²) in [6.07, 6.45) is 2.70. The van der Waals surface area contributed by atoms with Crippen LogP contribution in [0, 0.1) is 6.92 Å². The van der Waals surface area contributed by atoms with Crippen molar-refractivity contribution in [2.45, 2.75) is 19.9 Å². The Morgan fingerprint density at radius 1 is 1.23 bits per heavy atom. The van der Waals surface area contributed by atoms with E-state index in [0.29, 0.717) is 20.2 Å². The van der Waals surface area contributed by atoms with Crippen molar-refractivity contribution >= 4 is 57.8 Å². The molecule has 0 saturated carbocycles. The largest absolute Gasteiger partial charge is 0.362 e. The number of anilines is 1. The quantitative estimate of drug-likeness (QED) is 0.593. The van der Waals surface area contributed by atoms with Gasteiger partial charge in [-0.3, -0.25) is 4.68 Å². The highest BCUT2D eigenvalue weighted by atomic mass is 35.5. The molecule has 0 saturated heterocycles. The van der Waals surface area contributed by atoms with Crippen molar-refractivity contribution < 1.29 is 0 Å². The van der Waals surface area contributed by atoms with Crippen LogP contribution in [0.3, 0.4) is 0 Å². The van der Waals surface area contributed by atoms with Gasteiger partial charge in [-0.15, -0.1) is 0 Å². The molecule has 0 bridgehead atoms. The normalized spacial score (nSPS) is 10.5. The van der Waals surface area contributed by atoms with Gasteiger partial charge in [0, 0.05) is 25.0 Å². The highest BCUT2D eigenvalue weighted by Crippen LogP contribution is 2.24. The van der Waals surface area contributed by atoms with Crippen LogP contribution < -0.4 is 10.6 Å². The summed E-state index contributed by atoms with van der Waals surface area (Å²) in [7, 11) is 0. The van der Waals surface area contributed by atoms with Crippen LogP contribution in [-0.2, 0) is 6.54 Å². The maximum Gasteiger partial charge on any atom is 0.170 e. The van der Waals surface area contributed by atoms with E-state index in [1.807, 2.05) is 23.9 Å². The zero-order chi connectivity index (χ0) is 16.1. The number of benzene rings is 1. The average molecular weight is 378 g/mol. The zero-order valence-corrected chi connectivity index (χ0v) is 15.0. The lowest BCUT2D eigenvalue weighted by molar-refractivity contribution is 0.570. The molecule has 1 heterocycles. The Hall–Kier alpha value is -1.01. The lowest BCUT2D eigenvalue weighted by Gasteiger charge is -2.11. The summed E-state index contributed by atoms with van der Waals surface area (Å²) in [5, 5.41) is 12.7. The Balaban J connectivity index is 1.72. The molecular weight excluding hydrogens is 363 g/mol. The van der Waals surface area contributed by atoms with Gasteiger partial charge < -0.3 is 10.6 Å². The van der Waals surface area contributed by atoms with E-state index in [1.165, 1.54) is 0 Å². The van der Waals surface area contributed by atoms with Crippen molar-refractivity contribution in [3.8, 4) is 0 Å².